The molecule has 0 radical (unpaired) electrons. The largest absolute Gasteiger partial charge is 0.462 e. The maximum atomic E-state index is 12.6. The maximum absolute atomic E-state index is 12.6. The zero-order valence-electron chi connectivity index (χ0n) is 27.9. The highest BCUT2D eigenvalue weighted by molar-refractivity contribution is 5.69. The summed E-state index contributed by atoms with van der Waals surface area (Å²) >= 11 is 0. The lowest BCUT2D eigenvalue weighted by Gasteiger charge is -2.61. The van der Waals surface area contributed by atoms with Crippen molar-refractivity contribution >= 4 is 5.97 Å². The molecule has 232 valence electrons. The van der Waals surface area contributed by atoms with Crippen molar-refractivity contribution < 1.29 is 9.53 Å². The van der Waals surface area contributed by atoms with E-state index in [0.29, 0.717) is 17.3 Å². The summed E-state index contributed by atoms with van der Waals surface area (Å²) in [6.45, 7) is 17.5. The molecule has 0 aromatic carbocycles. The van der Waals surface area contributed by atoms with Gasteiger partial charge < -0.3 is 4.74 Å². The summed E-state index contributed by atoms with van der Waals surface area (Å²) in [7, 11) is 0. The summed E-state index contributed by atoms with van der Waals surface area (Å²) in [6.07, 6.45) is 24.7. The molecule has 0 amide bonds. The summed E-state index contributed by atoms with van der Waals surface area (Å²) < 4.78 is 6.10. The molecule has 0 heterocycles. The number of ether oxygens (including phenoxy) is 1. The summed E-state index contributed by atoms with van der Waals surface area (Å²) in [5, 5.41) is 0. The van der Waals surface area contributed by atoms with E-state index in [2.05, 4.69) is 48.5 Å². The first-order chi connectivity index (χ1) is 19.1. The van der Waals surface area contributed by atoms with Crippen molar-refractivity contribution in [2.24, 2.45) is 58.2 Å². The van der Waals surface area contributed by atoms with Crippen LogP contribution in [0, 0.1) is 58.2 Å². The zero-order chi connectivity index (χ0) is 28.9. The third-order valence-corrected chi connectivity index (χ3v) is 13.9. The van der Waals surface area contributed by atoms with Gasteiger partial charge >= 0.3 is 5.97 Å². The van der Waals surface area contributed by atoms with Crippen LogP contribution < -0.4 is 0 Å². The van der Waals surface area contributed by atoms with Crippen molar-refractivity contribution in [3.05, 3.63) is 0 Å². The Labute approximate surface area is 249 Å². The third kappa shape index (κ3) is 6.98. The van der Waals surface area contributed by atoms with E-state index in [0.717, 1.165) is 66.6 Å². The van der Waals surface area contributed by atoms with Crippen LogP contribution in [0.25, 0.3) is 0 Å². The van der Waals surface area contributed by atoms with Gasteiger partial charge in [0.15, 0.2) is 0 Å². The molecule has 2 heteroatoms. The number of fused-ring (bicyclic) bond motifs is 5. The molecule has 2 nitrogen and oxygen atoms in total. The molecule has 2 unspecified atom stereocenters. The van der Waals surface area contributed by atoms with Crippen LogP contribution in [0.1, 0.15) is 170 Å². The van der Waals surface area contributed by atoms with Crippen molar-refractivity contribution in [1.29, 1.82) is 0 Å². The quantitative estimate of drug-likeness (QED) is 0.157. The molecule has 0 N–H and O–H groups in total. The van der Waals surface area contributed by atoms with Gasteiger partial charge in [0.05, 0.1) is 0 Å². The fraction of sp³-hybridized carbons (Fsp3) is 0.974. The molecular formula is C38H68O2. The topological polar surface area (TPSA) is 26.3 Å². The van der Waals surface area contributed by atoms with Crippen LogP contribution in [-0.2, 0) is 9.53 Å². The minimum Gasteiger partial charge on any atom is -0.462 e. The Morgan fingerprint density at radius 1 is 0.800 bits per heavy atom. The predicted molar refractivity (Wildman–Crippen MR) is 170 cm³/mol. The molecular weight excluding hydrogens is 488 g/mol. The minimum atomic E-state index is 0.0796. The van der Waals surface area contributed by atoms with E-state index in [-0.39, 0.29) is 12.1 Å². The fourth-order valence-corrected chi connectivity index (χ4v) is 11.3. The molecule has 10 atom stereocenters. The Bertz CT molecular complexity index is 788. The molecule has 4 aliphatic carbocycles. The van der Waals surface area contributed by atoms with Crippen molar-refractivity contribution in [1.82, 2.24) is 0 Å². The lowest BCUT2D eigenvalue weighted by atomic mass is 9.44. The summed E-state index contributed by atoms with van der Waals surface area (Å²) in [5.74, 6) is 7.21. The van der Waals surface area contributed by atoms with Gasteiger partial charge in [-0.2, -0.15) is 0 Å². The van der Waals surface area contributed by atoms with Gasteiger partial charge in [0, 0.05) is 6.42 Å². The van der Waals surface area contributed by atoms with E-state index < -0.39 is 0 Å². The average Bonchev–Trinajstić information content (AvgIpc) is 3.28. The smallest absolute Gasteiger partial charge is 0.306 e. The van der Waals surface area contributed by atoms with Gasteiger partial charge in [-0.3, -0.25) is 4.79 Å². The monoisotopic (exact) mass is 557 g/mol. The van der Waals surface area contributed by atoms with E-state index in [1.165, 1.54) is 96.3 Å². The summed E-state index contributed by atoms with van der Waals surface area (Å²) in [4.78, 5) is 12.6. The highest BCUT2D eigenvalue weighted by Crippen LogP contribution is 2.68. The van der Waals surface area contributed by atoms with E-state index in [1.807, 2.05) is 0 Å². The second-order valence-corrected chi connectivity index (χ2v) is 16.3. The highest BCUT2D eigenvalue weighted by atomic mass is 16.5. The SMILES string of the molecule is CCCCCCCCC(=O)OC1CC[C@@]2(C)C(CC[C@H]3[C@@H]4CC[C@H]([C@H](C)CC[C@@H](CC)C(C)C)[C@@]4(C)CC[C@@H]32)C1. The first-order valence-corrected chi connectivity index (χ1v) is 18.3. The van der Waals surface area contributed by atoms with E-state index >= 15 is 0 Å². The van der Waals surface area contributed by atoms with Gasteiger partial charge in [0.1, 0.15) is 6.10 Å². The Hall–Kier alpha value is -0.530. The van der Waals surface area contributed by atoms with Gasteiger partial charge in [-0.15, -0.1) is 0 Å². The Morgan fingerprint density at radius 2 is 1.50 bits per heavy atom. The van der Waals surface area contributed by atoms with Crippen LogP contribution in [-0.4, -0.2) is 12.1 Å². The van der Waals surface area contributed by atoms with E-state index in [4.69, 9.17) is 4.74 Å². The van der Waals surface area contributed by atoms with Gasteiger partial charge in [0.2, 0.25) is 0 Å². The van der Waals surface area contributed by atoms with Gasteiger partial charge in [-0.1, -0.05) is 93.4 Å². The molecule has 4 fully saturated rings. The highest BCUT2D eigenvalue weighted by Gasteiger charge is 2.60. The zero-order valence-corrected chi connectivity index (χ0v) is 27.9. The van der Waals surface area contributed by atoms with Crippen LogP contribution in [0.4, 0.5) is 0 Å². The first kappa shape index (κ1) is 32.4. The second-order valence-electron chi connectivity index (χ2n) is 16.3. The Kier molecular flexibility index (Phi) is 11.6. The van der Waals surface area contributed by atoms with Crippen LogP contribution in [0.2, 0.25) is 0 Å². The maximum Gasteiger partial charge on any atom is 0.306 e. The summed E-state index contributed by atoms with van der Waals surface area (Å²) in [5.41, 5.74) is 1.05. The minimum absolute atomic E-state index is 0.0796. The number of carbonyl (C=O) groups is 1. The van der Waals surface area contributed by atoms with Crippen molar-refractivity contribution in [2.75, 3.05) is 0 Å². The number of carbonyl (C=O) groups excluding carboxylic acids is 1. The normalized spacial score (nSPS) is 38.8. The Balaban J connectivity index is 1.29. The number of unbranched alkanes of at least 4 members (excludes halogenated alkanes) is 5. The molecule has 4 saturated carbocycles. The lowest BCUT2D eigenvalue weighted by Crippen LogP contribution is -2.54. The Morgan fingerprint density at radius 3 is 2.23 bits per heavy atom. The molecule has 0 bridgehead atoms. The van der Waals surface area contributed by atoms with Crippen LogP contribution in [0.5, 0.6) is 0 Å². The van der Waals surface area contributed by atoms with Crippen LogP contribution in [0.15, 0.2) is 0 Å². The number of hydrogen-bond acceptors (Lipinski definition) is 2. The molecule has 0 aliphatic heterocycles. The molecule has 4 aliphatic rings. The molecule has 0 saturated heterocycles. The third-order valence-electron chi connectivity index (χ3n) is 13.9. The lowest BCUT2D eigenvalue weighted by molar-refractivity contribution is -0.162. The predicted octanol–water partition coefficient (Wildman–Crippen LogP) is 11.4. The second kappa shape index (κ2) is 14.3. The molecule has 40 heavy (non-hydrogen) atoms. The molecule has 0 aromatic rings. The van der Waals surface area contributed by atoms with Crippen molar-refractivity contribution in [3.63, 3.8) is 0 Å². The number of rotatable bonds is 14. The van der Waals surface area contributed by atoms with Gasteiger partial charge in [-0.25, -0.2) is 0 Å². The fourth-order valence-electron chi connectivity index (χ4n) is 11.3. The summed E-state index contributed by atoms with van der Waals surface area (Å²) in [6, 6.07) is 0. The molecule has 0 aromatic heterocycles. The van der Waals surface area contributed by atoms with Gasteiger partial charge in [0.25, 0.3) is 0 Å². The number of esters is 1. The van der Waals surface area contributed by atoms with Crippen molar-refractivity contribution in [3.8, 4) is 0 Å². The number of hydrogen-bond donors (Lipinski definition) is 0. The van der Waals surface area contributed by atoms with Crippen LogP contribution in [0.3, 0.4) is 0 Å². The average molecular weight is 557 g/mol. The standard InChI is InChI=1S/C38H68O2/c1-8-10-11-12-13-14-15-36(39)40-31-22-24-37(6)30(26-31)18-19-32-34-21-20-33(38(34,7)25-23-35(32)37)28(5)16-17-29(9-2)27(3)4/h27-35H,8-26H2,1-7H3/t28-,29-,30?,31?,32+,33-,34+,35+,37+,38-/m1/s1. The van der Waals surface area contributed by atoms with Crippen LogP contribution >= 0.6 is 0 Å². The molecule has 0 spiro atoms. The van der Waals surface area contributed by atoms with Gasteiger partial charge in [-0.05, 0) is 129 Å². The first-order valence-electron chi connectivity index (χ1n) is 18.3. The molecule has 4 rings (SSSR count). The van der Waals surface area contributed by atoms with E-state index in [9.17, 15) is 4.79 Å². The van der Waals surface area contributed by atoms with Crippen molar-refractivity contribution in [2.45, 2.75) is 177 Å². The van der Waals surface area contributed by atoms with E-state index in [1.54, 1.807) is 0 Å².